The molecule has 6 nitrogen and oxygen atoms in total. The first-order chi connectivity index (χ1) is 8.13. The van der Waals surface area contributed by atoms with E-state index in [0.717, 1.165) is 0 Å². The molecule has 1 rings (SSSR count). The monoisotopic (exact) mass is 260 g/mol. The lowest BCUT2D eigenvalue weighted by atomic mass is 10.2. The fraction of sp³-hybridized carbons (Fsp3) is 0.600. The van der Waals surface area contributed by atoms with Crippen molar-refractivity contribution < 1.29 is 19.7 Å². The van der Waals surface area contributed by atoms with Crippen LogP contribution in [0.4, 0.5) is 0 Å². The van der Waals surface area contributed by atoms with Crippen LogP contribution in [0.15, 0.2) is 12.3 Å². The van der Waals surface area contributed by atoms with Gasteiger partial charge in [0.2, 0.25) is 6.41 Å². The summed E-state index contributed by atoms with van der Waals surface area (Å²) < 4.78 is 5.33. The largest absolute Gasteiger partial charge is 0.394 e. The standard InChI is InChI=1S/C10H16N2O4S/c1-11-3-2-10(17)12(6-14)9-4-7(15)8(5-13)16-9/h2-3,6-9,11,13,15H,4-5H2,1H3/b3-2-/t7-,8?,9?/m1/s1. The molecule has 0 aliphatic carbocycles. The molecule has 0 aromatic carbocycles. The summed E-state index contributed by atoms with van der Waals surface area (Å²) in [5, 5.41) is 21.3. The van der Waals surface area contributed by atoms with E-state index in [2.05, 4.69) is 5.32 Å². The first kappa shape index (κ1) is 14.0. The smallest absolute Gasteiger partial charge is 0.216 e. The van der Waals surface area contributed by atoms with Gasteiger partial charge in [-0.25, -0.2) is 0 Å². The molecule has 0 saturated carbocycles. The molecule has 96 valence electrons. The van der Waals surface area contributed by atoms with Gasteiger partial charge in [-0.1, -0.05) is 12.2 Å². The molecule has 1 saturated heterocycles. The maximum atomic E-state index is 11.0. The zero-order chi connectivity index (χ0) is 12.8. The van der Waals surface area contributed by atoms with Crippen LogP contribution in [-0.4, -0.2) is 58.6 Å². The minimum atomic E-state index is -0.788. The predicted octanol–water partition coefficient (Wildman–Crippen LogP) is -1.03. The summed E-state index contributed by atoms with van der Waals surface area (Å²) >= 11 is 5.03. The lowest BCUT2D eigenvalue weighted by molar-refractivity contribution is -0.125. The number of aliphatic hydroxyl groups is 2. The third-order valence-corrected chi connectivity index (χ3v) is 2.80. The highest BCUT2D eigenvalue weighted by Gasteiger charge is 2.37. The van der Waals surface area contributed by atoms with E-state index in [1.165, 1.54) is 4.90 Å². The van der Waals surface area contributed by atoms with Crippen LogP contribution in [0.5, 0.6) is 0 Å². The lowest BCUT2D eigenvalue weighted by Gasteiger charge is -2.23. The summed E-state index contributed by atoms with van der Waals surface area (Å²) in [7, 11) is 1.71. The summed E-state index contributed by atoms with van der Waals surface area (Å²) in [6, 6.07) is 0. The van der Waals surface area contributed by atoms with Crippen LogP contribution in [-0.2, 0) is 9.53 Å². The zero-order valence-electron chi connectivity index (χ0n) is 9.44. The average molecular weight is 260 g/mol. The van der Waals surface area contributed by atoms with Gasteiger partial charge in [-0.2, -0.15) is 0 Å². The van der Waals surface area contributed by atoms with Crippen molar-refractivity contribution in [3.63, 3.8) is 0 Å². The van der Waals surface area contributed by atoms with Crippen LogP contribution < -0.4 is 5.32 Å². The Morgan fingerprint density at radius 2 is 2.41 bits per heavy atom. The van der Waals surface area contributed by atoms with Crippen LogP contribution in [0.1, 0.15) is 6.42 Å². The van der Waals surface area contributed by atoms with Crippen molar-refractivity contribution in [3.05, 3.63) is 12.3 Å². The van der Waals surface area contributed by atoms with Crippen molar-refractivity contribution in [3.8, 4) is 0 Å². The van der Waals surface area contributed by atoms with E-state index in [9.17, 15) is 9.90 Å². The Morgan fingerprint density at radius 1 is 1.71 bits per heavy atom. The van der Waals surface area contributed by atoms with E-state index in [1.807, 2.05) is 0 Å². The van der Waals surface area contributed by atoms with Gasteiger partial charge in [0.1, 0.15) is 17.3 Å². The van der Waals surface area contributed by atoms with Gasteiger partial charge in [-0.3, -0.25) is 9.69 Å². The van der Waals surface area contributed by atoms with Gasteiger partial charge < -0.3 is 20.3 Å². The molecular weight excluding hydrogens is 244 g/mol. The number of nitrogens with zero attached hydrogens (tertiary/aromatic N) is 1. The van der Waals surface area contributed by atoms with Gasteiger partial charge in [0.25, 0.3) is 0 Å². The molecule has 0 spiro atoms. The molecule has 1 fully saturated rings. The summed E-state index contributed by atoms with van der Waals surface area (Å²) in [4.78, 5) is 12.5. The highest BCUT2D eigenvalue weighted by atomic mass is 32.1. The molecule has 7 heteroatoms. The van der Waals surface area contributed by atoms with Gasteiger partial charge in [0, 0.05) is 13.5 Å². The zero-order valence-corrected chi connectivity index (χ0v) is 10.3. The second kappa shape index (κ2) is 6.65. The van der Waals surface area contributed by atoms with E-state index in [4.69, 9.17) is 22.1 Å². The Hall–Kier alpha value is -1.02. The Morgan fingerprint density at radius 3 is 2.88 bits per heavy atom. The van der Waals surface area contributed by atoms with Gasteiger partial charge in [0.15, 0.2) is 0 Å². The number of ether oxygens (including phenoxy) is 1. The van der Waals surface area contributed by atoms with E-state index in [0.29, 0.717) is 6.41 Å². The second-order valence-electron chi connectivity index (χ2n) is 3.59. The van der Waals surface area contributed by atoms with Gasteiger partial charge >= 0.3 is 0 Å². The molecule has 2 unspecified atom stereocenters. The van der Waals surface area contributed by atoms with Gasteiger partial charge in [-0.05, 0) is 12.3 Å². The number of hydrogen-bond acceptors (Lipinski definition) is 6. The second-order valence-corrected chi connectivity index (χ2v) is 4.01. The molecule has 17 heavy (non-hydrogen) atoms. The van der Waals surface area contributed by atoms with Crippen molar-refractivity contribution in [2.45, 2.75) is 24.9 Å². The predicted molar refractivity (Wildman–Crippen MR) is 65.1 cm³/mol. The Labute approximate surface area is 105 Å². The van der Waals surface area contributed by atoms with E-state index in [1.54, 1.807) is 19.3 Å². The number of amides is 1. The molecule has 0 aromatic rings. The van der Waals surface area contributed by atoms with Gasteiger partial charge in [0.05, 0.1) is 12.7 Å². The third kappa shape index (κ3) is 3.47. The fourth-order valence-electron chi connectivity index (χ4n) is 1.55. The summed E-state index contributed by atoms with van der Waals surface area (Å²) in [6.45, 7) is -0.288. The molecule has 1 aliphatic rings. The van der Waals surface area contributed by atoms with E-state index >= 15 is 0 Å². The normalized spacial score (nSPS) is 28.3. The van der Waals surface area contributed by atoms with E-state index < -0.39 is 18.4 Å². The molecular formula is C10H16N2O4S. The average Bonchev–Trinajstić information content (AvgIpc) is 2.68. The van der Waals surface area contributed by atoms with E-state index in [-0.39, 0.29) is 18.0 Å². The van der Waals surface area contributed by atoms with Crippen molar-refractivity contribution in [1.29, 1.82) is 0 Å². The molecule has 0 bridgehead atoms. The highest BCUT2D eigenvalue weighted by Crippen LogP contribution is 2.22. The number of aliphatic hydroxyl groups excluding tert-OH is 2. The van der Waals surface area contributed by atoms with Crippen molar-refractivity contribution in [2.24, 2.45) is 0 Å². The van der Waals surface area contributed by atoms with Crippen molar-refractivity contribution in [2.75, 3.05) is 13.7 Å². The van der Waals surface area contributed by atoms with Gasteiger partial charge in [-0.15, -0.1) is 0 Å². The summed E-state index contributed by atoms with van der Waals surface area (Å²) in [5.74, 6) is 0. The Bertz CT molecular complexity index is 311. The third-order valence-electron chi connectivity index (χ3n) is 2.45. The number of rotatable bonds is 5. The maximum absolute atomic E-state index is 11.0. The van der Waals surface area contributed by atoms with Crippen LogP contribution in [0, 0.1) is 0 Å². The maximum Gasteiger partial charge on any atom is 0.216 e. The minimum absolute atomic E-state index is 0.234. The fourth-order valence-corrected chi connectivity index (χ4v) is 1.78. The number of carbonyl (C=O) groups excluding carboxylic acids is 1. The van der Waals surface area contributed by atoms with Crippen LogP contribution in [0.3, 0.4) is 0 Å². The topological polar surface area (TPSA) is 82.0 Å². The molecule has 3 atom stereocenters. The molecule has 1 aliphatic heterocycles. The lowest BCUT2D eigenvalue weighted by Crippen LogP contribution is -2.37. The molecule has 0 aromatic heterocycles. The number of thiocarbonyl (C=S) groups is 1. The first-order valence-corrected chi connectivity index (χ1v) is 5.60. The minimum Gasteiger partial charge on any atom is -0.394 e. The number of nitrogens with one attached hydrogen (secondary N) is 1. The number of carbonyl (C=O) groups is 1. The SMILES string of the molecule is CN/C=C\C(=S)N(C=O)C1C[C@@H](O)C(CO)O1. The van der Waals surface area contributed by atoms with Crippen LogP contribution in [0.2, 0.25) is 0 Å². The summed E-state index contributed by atoms with van der Waals surface area (Å²) in [5.41, 5.74) is 0. The van der Waals surface area contributed by atoms with Crippen molar-refractivity contribution in [1.82, 2.24) is 10.2 Å². The highest BCUT2D eigenvalue weighted by molar-refractivity contribution is 7.80. The van der Waals surface area contributed by atoms with Crippen LogP contribution in [0.25, 0.3) is 0 Å². The molecule has 1 heterocycles. The Kier molecular flexibility index (Phi) is 5.49. The van der Waals surface area contributed by atoms with Crippen LogP contribution >= 0.6 is 12.2 Å². The molecule has 1 amide bonds. The first-order valence-electron chi connectivity index (χ1n) is 5.19. The molecule has 3 N–H and O–H groups in total. The Balaban J connectivity index is 2.66. The number of hydrogen-bond donors (Lipinski definition) is 3. The molecule has 0 radical (unpaired) electrons. The summed E-state index contributed by atoms with van der Waals surface area (Å²) in [6.07, 6.45) is 1.84. The van der Waals surface area contributed by atoms with Crippen molar-refractivity contribution >= 4 is 23.6 Å². The quantitative estimate of drug-likeness (QED) is 0.333.